The summed E-state index contributed by atoms with van der Waals surface area (Å²) < 4.78 is 12.0. The Bertz CT molecular complexity index is 1210. The van der Waals surface area contributed by atoms with E-state index in [1.165, 1.54) is 4.57 Å². The average molecular weight is 436 g/mol. The number of rotatable bonds is 5. The first-order valence-electron chi connectivity index (χ1n) is 10.4. The molecule has 1 fully saturated rings. The zero-order valence-electron chi connectivity index (χ0n) is 17.6. The van der Waals surface area contributed by atoms with Gasteiger partial charge in [0.25, 0.3) is 5.91 Å². The van der Waals surface area contributed by atoms with Gasteiger partial charge in [-0.1, -0.05) is 30.3 Å². The van der Waals surface area contributed by atoms with Crippen LogP contribution in [0.15, 0.2) is 51.7 Å². The summed E-state index contributed by atoms with van der Waals surface area (Å²) in [5, 5.41) is 25.0. The molecule has 32 heavy (non-hydrogen) atoms. The van der Waals surface area contributed by atoms with E-state index in [-0.39, 0.29) is 0 Å². The van der Waals surface area contributed by atoms with E-state index in [0.717, 1.165) is 16.7 Å². The molecule has 3 N–H and O–H groups in total. The molecule has 0 bridgehead atoms. The van der Waals surface area contributed by atoms with E-state index in [9.17, 15) is 20.0 Å². The molecule has 1 aliphatic heterocycles. The van der Waals surface area contributed by atoms with Crippen molar-refractivity contribution >= 4 is 17.0 Å². The van der Waals surface area contributed by atoms with Gasteiger partial charge >= 0.3 is 5.76 Å². The zero-order chi connectivity index (χ0) is 22.7. The van der Waals surface area contributed by atoms with Crippen LogP contribution >= 0.6 is 0 Å². The molecule has 1 aliphatic rings. The number of aliphatic hydroxyl groups excluding tert-OH is 1. The monoisotopic (exact) mass is 436 g/mol. The van der Waals surface area contributed by atoms with Crippen LogP contribution in [-0.4, -0.2) is 47.1 Å². The lowest BCUT2D eigenvalue weighted by Crippen LogP contribution is -2.51. The summed E-state index contributed by atoms with van der Waals surface area (Å²) in [5.41, 5.74) is 3.99. The highest BCUT2D eigenvalue weighted by atomic mass is 16.5. The minimum atomic E-state index is -1.11. The summed E-state index contributed by atoms with van der Waals surface area (Å²) in [7, 11) is 1.66. The van der Waals surface area contributed by atoms with Crippen molar-refractivity contribution in [1.82, 2.24) is 15.2 Å². The fourth-order valence-corrected chi connectivity index (χ4v) is 3.71. The van der Waals surface area contributed by atoms with Crippen LogP contribution < -0.4 is 16.4 Å². The number of aliphatic hydroxyl groups is 1. The number of carbonyl (C=O) groups is 1. The predicted octanol–water partition coefficient (Wildman–Crippen LogP) is 1.05. The third kappa shape index (κ3) is 4.57. The smallest absolute Gasteiger partial charge is 0.408 e. The van der Waals surface area contributed by atoms with Gasteiger partial charge in [0.05, 0.1) is 11.6 Å². The van der Waals surface area contributed by atoms with Gasteiger partial charge in [0.15, 0.2) is 11.7 Å². The van der Waals surface area contributed by atoms with Crippen molar-refractivity contribution in [2.24, 2.45) is 7.05 Å². The Morgan fingerprint density at radius 3 is 2.81 bits per heavy atom. The Morgan fingerprint density at radius 1 is 1.31 bits per heavy atom. The molecule has 9 nitrogen and oxygen atoms in total. The molecule has 1 amide bonds. The number of ether oxygens (including phenoxy) is 1. The second-order valence-corrected chi connectivity index (χ2v) is 7.74. The van der Waals surface area contributed by atoms with Gasteiger partial charge in [0.1, 0.15) is 12.3 Å². The minimum Gasteiger partial charge on any atom is -0.408 e. The lowest BCUT2D eigenvalue weighted by Gasteiger charge is -2.21. The molecule has 0 aliphatic carbocycles. The van der Waals surface area contributed by atoms with Crippen LogP contribution in [-0.2, 0) is 23.0 Å². The SMILES string of the molecule is Cn1c(=O)oc2ccc(-c3ccc(C[C@@H](C#N)NC(=O)[C@H]4OCCCNC4O)cc3)cc21. The number of oxazole rings is 1. The Morgan fingerprint density at radius 2 is 2.06 bits per heavy atom. The maximum atomic E-state index is 12.5. The fourth-order valence-electron chi connectivity index (χ4n) is 3.71. The summed E-state index contributed by atoms with van der Waals surface area (Å²) >= 11 is 0. The molecule has 1 aromatic heterocycles. The first-order chi connectivity index (χ1) is 15.5. The quantitative estimate of drug-likeness (QED) is 0.545. The normalized spacial score (nSPS) is 19.8. The lowest BCUT2D eigenvalue weighted by molar-refractivity contribution is -0.140. The number of hydrogen-bond acceptors (Lipinski definition) is 7. The number of benzene rings is 2. The molecular weight excluding hydrogens is 412 g/mol. The van der Waals surface area contributed by atoms with Crippen molar-refractivity contribution in [1.29, 1.82) is 5.26 Å². The minimum absolute atomic E-state index is 0.314. The summed E-state index contributed by atoms with van der Waals surface area (Å²) in [5.74, 6) is -0.927. The molecular formula is C23H24N4O5. The van der Waals surface area contributed by atoms with E-state index in [1.807, 2.05) is 36.4 Å². The summed E-state index contributed by atoms with van der Waals surface area (Å²) in [6.07, 6.45) is -1.15. The number of aryl methyl sites for hydroxylation is 1. The second kappa shape index (κ2) is 9.36. The summed E-state index contributed by atoms with van der Waals surface area (Å²) in [6, 6.07) is 14.5. The molecule has 0 saturated carbocycles. The van der Waals surface area contributed by atoms with Gasteiger partial charge in [0, 0.05) is 20.1 Å². The Balaban J connectivity index is 1.44. The first-order valence-corrected chi connectivity index (χ1v) is 10.4. The van der Waals surface area contributed by atoms with Gasteiger partial charge in [-0.2, -0.15) is 5.26 Å². The number of nitrogens with zero attached hydrogens (tertiary/aromatic N) is 2. The van der Waals surface area contributed by atoms with Crippen molar-refractivity contribution in [3.05, 3.63) is 58.6 Å². The van der Waals surface area contributed by atoms with E-state index >= 15 is 0 Å². The molecule has 1 unspecified atom stereocenters. The van der Waals surface area contributed by atoms with Gasteiger partial charge in [0.2, 0.25) is 0 Å². The van der Waals surface area contributed by atoms with Crippen LogP contribution in [0.3, 0.4) is 0 Å². The van der Waals surface area contributed by atoms with Crippen molar-refractivity contribution in [2.75, 3.05) is 13.2 Å². The second-order valence-electron chi connectivity index (χ2n) is 7.74. The molecule has 3 atom stereocenters. The fraction of sp³-hybridized carbons (Fsp3) is 0.348. The van der Waals surface area contributed by atoms with Crippen molar-refractivity contribution in [3.63, 3.8) is 0 Å². The highest BCUT2D eigenvalue weighted by Crippen LogP contribution is 2.24. The standard InChI is InChI=1S/C23H24N4O5/c1-27-18-12-16(7-8-19(18)32-23(27)30)15-5-3-14(4-6-15)11-17(13-24)26-22(29)20-21(28)25-9-2-10-31-20/h3-8,12,17,20-21,25,28H,2,9-11H2,1H3,(H,26,29)/t17-,20-,21?/m0/s1. The van der Waals surface area contributed by atoms with E-state index in [0.29, 0.717) is 37.1 Å². The van der Waals surface area contributed by atoms with Crippen LogP contribution in [0.25, 0.3) is 22.2 Å². The third-order valence-electron chi connectivity index (χ3n) is 5.51. The van der Waals surface area contributed by atoms with Crippen LogP contribution in [0.5, 0.6) is 0 Å². The predicted molar refractivity (Wildman–Crippen MR) is 117 cm³/mol. The number of hydrogen-bond donors (Lipinski definition) is 3. The average Bonchev–Trinajstić information content (AvgIpc) is 2.94. The topological polar surface area (TPSA) is 130 Å². The highest BCUT2D eigenvalue weighted by molar-refractivity contribution is 5.82. The van der Waals surface area contributed by atoms with E-state index in [4.69, 9.17) is 9.15 Å². The molecule has 0 radical (unpaired) electrons. The molecule has 0 spiro atoms. The van der Waals surface area contributed by atoms with Crippen molar-refractivity contribution < 1.29 is 19.1 Å². The molecule has 4 rings (SSSR count). The number of carbonyl (C=O) groups excluding carboxylic acids is 1. The van der Waals surface area contributed by atoms with Crippen LogP contribution in [0, 0.1) is 11.3 Å². The van der Waals surface area contributed by atoms with Gasteiger partial charge in [-0.15, -0.1) is 0 Å². The Hall–Kier alpha value is -3.45. The number of aromatic nitrogens is 1. The van der Waals surface area contributed by atoms with Gasteiger partial charge in [-0.3, -0.25) is 14.7 Å². The van der Waals surface area contributed by atoms with Crippen LogP contribution in [0.4, 0.5) is 0 Å². The molecule has 9 heteroatoms. The third-order valence-corrected chi connectivity index (χ3v) is 5.51. The van der Waals surface area contributed by atoms with Gasteiger partial charge in [-0.05, 0) is 41.8 Å². The summed E-state index contributed by atoms with van der Waals surface area (Å²) in [4.78, 5) is 24.2. The number of fused-ring (bicyclic) bond motifs is 1. The number of nitrogens with one attached hydrogen (secondary N) is 2. The maximum Gasteiger partial charge on any atom is 0.419 e. The van der Waals surface area contributed by atoms with Crippen LogP contribution in [0.1, 0.15) is 12.0 Å². The van der Waals surface area contributed by atoms with E-state index in [1.54, 1.807) is 13.1 Å². The largest absolute Gasteiger partial charge is 0.419 e. The molecule has 1 saturated heterocycles. The lowest BCUT2D eigenvalue weighted by atomic mass is 10.0. The number of nitriles is 1. The molecule has 166 valence electrons. The Labute approximate surface area is 184 Å². The highest BCUT2D eigenvalue weighted by Gasteiger charge is 2.30. The Kier molecular flexibility index (Phi) is 6.37. The van der Waals surface area contributed by atoms with Crippen LogP contribution in [0.2, 0.25) is 0 Å². The molecule has 3 aromatic rings. The van der Waals surface area contributed by atoms with Gasteiger partial charge in [-0.25, -0.2) is 4.79 Å². The first kappa shape index (κ1) is 21.8. The summed E-state index contributed by atoms with van der Waals surface area (Å²) in [6.45, 7) is 0.919. The van der Waals surface area contributed by atoms with Crippen molar-refractivity contribution in [3.8, 4) is 17.2 Å². The molecule has 2 heterocycles. The van der Waals surface area contributed by atoms with Gasteiger partial charge < -0.3 is 19.6 Å². The van der Waals surface area contributed by atoms with E-state index < -0.39 is 30.0 Å². The number of amides is 1. The zero-order valence-corrected chi connectivity index (χ0v) is 17.6. The molecule has 2 aromatic carbocycles. The van der Waals surface area contributed by atoms with E-state index in [2.05, 4.69) is 16.7 Å². The maximum absolute atomic E-state index is 12.5. The van der Waals surface area contributed by atoms with Crippen molar-refractivity contribution in [2.45, 2.75) is 31.2 Å².